The zero-order valence-electron chi connectivity index (χ0n) is 10.1. The molecule has 102 valence electrons. The van der Waals surface area contributed by atoms with Crippen LogP contribution in [0.25, 0.3) is 0 Å². The second-order valence-electron chi connectivity index (χ2n) is 3.99. The molecule has 1 heterocycles. The minimum absolute atomic E-state index is 0.230. The Morgan fingerprint density at radius 3 is 2.72 bits per heavy atom. The Labute approximate surface area is 103 Å². The maximum Gasteiger partial charge on any atom is 0.390 e. The molecule has 1 unspecified atom stereocenters. The van der Waals surface area contributed by atoms with Gasteiger partial charge in [-0.05, 0) is 19.1 Å². The third-order valence-corrected chi connectivity index (χ3v) is 2.33. The van der Waals surface area contributed by atoms with Crippen molar-refractivity contribution in [2.45, 2.75) is 32.1 Å². The lowest BCUT2D eigenvalue weighted by atomic mass is 10.2. The van der Waals surface area contributed by atoms with Crippen LogP contribution in [-0.4, -0.2) is 30.3 Å². The van der Waals surface area contributed by atoms with Gasteiger partial charge in [-0.3, -0.25) is 0 Å². The van der Waals surface area contributed by atoms with Gasteiger partial charge in [0.05, 0.1) is 13.5 Å². The number of nitrogens with one attached hydrogen (secondary N) is 2. The predicted molar refractivity (Wildman–Crippen MR) is 59.1 cm³/mol. The number of methoxy groups -OCH3 is 1. The molecule has 1 atom stereocenters. The molecule has 0 aromatic carbocycles. The summed E-state index contributed by atoms with van der Waals surface area (Å²) in [5, 5.41) is 2.72. The number of hydrogen-bond donors (Lipinski definition) is 2. The van der Waals surface area contributed by atoms with E-state index in [1.807, 2.05) is 0 Å². The molecule has 0 spiro atoms. The molecule has 1 aromatic rings. The van der Waals surface area contributed by atoms with E-state index in [9.17, 15) is 18.0 Å². The molecule has 2 N–H and O–H groups in total. The van der Waals surface area contributed by atoms with Crippen molar-refractivity contribution in [2.24, 2.45) is 0 Å². The van der Waals surface area contributed by atoms with Crippen molar-refractivity contribution in [3.63, 3.8) is 0 Å². The standard InChI is InChI=1S/C11H15F3N2O2/c1-7(5-11(12,13)14)15-6-8-3-4-9(16-8)10(17)18-2/h3-4,7,15-16H,5-6H2,1-2H3. The van der Waals surface area contributed by atoms with Gasteiger partial charge in [0.15, 0.2) is 0 Å². The molecule has 18 heavy (non-hydrogen) atoms. The zero-order chi connectivity index (χ0) is 13.8. The normalized spacial score (nSPS) is 13.4. The minimum Gasteiger partial charge on any atom is -0.464 e. The molecule has 0 radical (unpaired) electrons. The second kappa shape index (κ2) is 5.90. The predicted octanol–water partition coefficient (Wildman–Crippen LogP) is 2.23. The number of halogens is 3. The van der Waals surface area contributed by atoms with E-state index in [0.29, 0.717) is 5.69 Å². The molecule has 0 bridgehead atoms. The van der Waals surface area contributed by atoms with Gasteiger partial charge in [0, 0.05) is 18.3 Å². The van der Waals surface area contributed by atoms with Gasteiger partial charge in [-0.2, -0.15) is 13.2 Å². The van der Waals surface area contributed by atoms with Crippen molar-refractivity contribution in [3.05, 3.63) is 23.5 Å². The van der Waals surface area contributed by atoms with Crippen LogP contribution < -0.4 is 5.32 Å². The highest BCUT2D eigenvalue weighted by molar-refractivity contribution is 5.87. The number of alkyl halides is 3. The number of rotatable bonds is 5. The van der Waals surface area contributed by atoms with E-state index in [4.69, 9.17) is 0 Å². The fraction of sp³-hybridized carbons (Fsp3) is 0.545. The summed E-state index contributed by atoms with van der Waals surface area (Å²) < 4.78 is 40.7. The van der Waals surface area contributed by atoms with Gasteiger partial charge >= 0.3 is 12.1 Å². The summed E-state index contributed by atoms with van der Waals surface area (Å²) in [6.45, 7) is 1.69. The number of ether oxygens (including phenoxy) is 1. The number of hydrogen-bond acceptors (Lipinski definition) is 3. The number of esters is 1. The first-order valence-corrected chi connectivity index (χ1v) is 5.38. The third kappa shape index (κ3) is 4.79. The summed E-state index contributed by atoms with van der Waals surface area (Å²) >= 11 is 0. The van der Waals surface area contributed by atoms with Crippen LogP contribution in [0.2, 0.25) is 0 Å². The molecule has 7 heteroatoms. The summed E-state index contributed by atoms with van der Waals surface area (Å²) in [6, 6.07) is 2.46. The van der Waals surface area contributed by atoms with Crippen LogP contribution in [0.5, 0.6) is 0 Å². The average Bonchev–Trinajstić information content (AvgIpc) is 2.71. The lowest BCUT2D eigenvalue weighted by Gasteiger charge is -2.15. The number of carbonyl (C=O) groups is 1. The maximum absolute atomic E-state index is 12.1. The molecule has 1 rings (SSSR count). The third-order valence-electron chi connectivity index (χ3n) is 2.33. The van der Waals surface area contributed by atoms with Gasteiger partial charge in [-0.15, -0.1) is 0 Å². The van der Waals surface area contributed by atoms with Gasteiger partial charge in [0.1, 0.15) is 5.69 Å². The van der Waals surface area contributed by atoms with Crippen LogP contribution in [0.4, 0.5) is 13.2 Å². The molecule has 0 aliphatic rings. The Balaban J connectivity index is 2.44. The molecule has 0 saturated carbocycles. The van der Waals surface area contributed by atoms with Crippen molar-refractivity contribution < 1.29 is 22.7 Å². The van der Waals surface area contributed by atoms with E-state index in [-0.39, 0.29) is 12.2 Å². The molecule has 4 nitrogen and oxygen atoms in total. The molecule has 0 aliphatic carbocycles. The first-order chi connectivity index (χ1) is 8.31. The number of carbonyl (C=O) groups excluding carboxylic acids is 1. The molecule has 0 fully saturated rings. The van der Waals surface area contributed by atoms with Crippen molar-refractivity contribution in [3.8, 4) is 0 Å². The number of aromatic nitrogens is 1. The smallest absolute Gasteiger partial charge is 0.390 e. The van der Waals surface area contributed by atoms with Crippen LogP contribution in [-0.2, 0) is 11.3 Å². The highest BCUT2D eigenvalue weighted by Crippen LogP contribution is 2.21. The van der Waals surface area contributed by atoms with E-state index in [1.54, 1.807) is 6.07 Å². The van der Waals surface area contributed by atoms with Crippen molar-refractivity contribution in [2.75, 3.05) is 7.11 Å². The Kier molecular flexibility index (Phi) is 4.77. The lowest BCUT2D eigenvalue weighted by Crippen LogP contribution is -2.30. The Hall–Kier alpha value is -1.50. The largest absolute Gasteiger partial charge is 0.464 e. The monoisotopic (exact) mass is 264 g/mol. The van der Waals surface area contributed by atoms with Crippen LogP contribution >= 0.6 is 0 Å². The molecule has 0 saturated heterocycles. The Morgan fingerprint density at radius 2 is 2.17 bits per heavy atom. The average molecular weight is 264 g/mol. The van der Waals surface area contributed by atoms with E-state index < -0.39 is 24.6 Å². The first-order valence-electron chi connectivity index (χ1n) is 5.38. The fourth-order valence-corrected chi connectivity index (χ4v) is 1.48. The molecule has 0 amide bonds. The number of aromatic amines is 1. The summed E-state index contributed by atoms with van der Waals surface area (Å²) in [5.74, 6) is -0.510. The van der Waals surface area contributed by atoms with Crippen LogP contribution in [0, 0.1) is 0 Å². The fourth-order valence-electron chi connectivity index (χ4n) is 1.48. The molecular formula is C11H15F3N2O2. The zero-order valence-corrected chi connectivity index (χ0v) is 10.1. The summed E-state index contributed by atoms with van der Waals surface area (Å²) in [5.41, 5.74) is 0.905. The molecule has 0 aliphatic heterocycles. The maximum atomic E-state index is 12.1. The highest BCUT2D eigenvalue weighted by Gasteiger charge is 2.29. The van der Waals surface area contributed by atoms with Gasteiger partial charge < -0.3 is 15.0 Å². The van der Waals surface area contributed by atoms with Crippen molar-refractivity contribution >= 4 is 5.97 Å². The SMILES string of the molecule is COC(=O)c1ccc(CNC(C)CC(F)(F)F)[nH]1. The van der Waals surface area contributed by atoms with E-state index >= 15 is 0 Å². The van der Waals surface area contributed by atoms with Gasteiger partial charge in [-0.1, -0.05) is 0 Å². The van der Waals surface area contributed by atoms with Crippen LogP contribution in [0.3, 0.4) is 0 Å². The Bertz CT molecular complexity index is 401. The van der Waals surface area contributed by atoms with Crippen LogP contribution in [0.15, 0.2) is 12.1 Å². The summed E-state index contributed by atoms with van der Waals surface area (Å²) in [6.07, 6.45) is -5.07. The van der Waals surface area contributed by atoms with Crippen LogP contribution in [0.1, 0.15) is 29.5 Å². The van der Waals surface area contributed by atoms with E-state index in [0.717, 1.165) is 0 Å². The molecular weight excluding hydrogens is 249 g/mol. The first kappa shape index (κ1) is 14.6. The summed E-state index contributed by atoms with van der Waals surface area (Å²) in [4.78, 5) is 13.9. The van der Waals surface area contributed by atoms with Gasteiger partial charge in [-0.25, -0.2) is 4.79 Å². The molecule has 1 aromatic heterocycles. The quantitative estimate of drug-likeness (QED) is 0.802. The highest BCUT2D eigenvalue weighted by atomic mass is 19.4. The van der Waals surface area contributed by atoms with Gasteiger partial charge in [0.25, 0.3) is 0 Å². The van der Waals surface area contributed by atoms with Crippen molar-refractivity contribution in [1.29, 1.82) is 0 Å². The second-order valence-corrected chi connectivity index (χ2v) is 3.99. The van der Waals surface area contributed by atoms with Gasteiger partial charge in [0.2, 0.25) is 0 Å². The van der Waals surface area contributed by atoms with E-state index in [1.165, 1.54) is 20.1 Å². The minimum atomic E-state index is -4.18. The van der Waals surface area contributed by atoms with E-state index in [2.05, 4.69) is 15.0 Å². The number of H-pyrrole nitrogens is 1. The summed E-state index contributed by atoms with van der Waals surface area (Å²) in [7, 11) is 1.26. The topological polar surface area (TPSA) is 54.1 Å². The van der Waals surface area contributed by atoms with Crippen molar-refractivity contribution in [1.82, 2.24) is 10.3 Å². The Morgan fingerprint density at radius 1 is 1.50 bits per heavy atom. The lowest BCUT2D eigenvalue weighted by molar-refractivity contribution is -0.139.